The molecule has 0 aromatic heterocycles. The number of fused-ring (bicyclic) bond motifs is 1. The van der Waals surface area contributed by atoms with Crippen molar-refractivity contribution in [2.24, 2.45) is 28.1 Å². The first-order chi connectivity index (χ1) is 17.4. The van der Waals surface area contributed by atoms with E-state index >= 15 is 0 Å². The summed E-state index contributed by atoms with van der Waals surface area (Å²) in [5.74, 6) is -3.08. The molecule has 10 nitrogen and oxygen atoms in total. The fourth-order valence-electron chi connectivity index (χ4n) is 9.21. The lowest BCUT2D eigenvalue weighted by atomic mass is 9.51. The van der Waals surface area contributed by atoms with Crippen LogP contribution in [0.4, 0.5) is 0 Å². The molecule has 10 heteroatoms. The van der Waals surface area contributed by atoms with Crippen LogP contribution in [0.1, 0.15) is 39.7 Å². The molecule has 2 spiro atoms. The van der Waals surface area contributed by atoms with E-state index in [4.69, 9.17) is 23.7 Å². The van der Waals surface area contributed by atoms with Gasteiger partial charge in [0.1, 0.15) is 18.3 Å². The molecule has 4 saturated heterocycles. The summed E-state index contributed by atoms with van der Waals surface area (Å²) in [4.78, 5) is 26.4. The standard InChI is InChI=1S/C27H32O10/c1-12-19(29)35-17-16(28)25-15-10-14(23(2,3)4)24(25)18(33-11-13-8-6-5-7-9-13)20(30)36-22(24)37-27(25,21(31)34-15)26(12,17)32/h5-9,12,14-18,20,22,28,30,32H,10-11H2,1-4H3/t12-,14+,15?,16+,17?,18+,20?,22?,24?,25?,26-,27?/m1/s1. The number of aliphatic hydroxyl groups excluding tert-OH is 2. The molecule has 6 aliphatic rings. The fraction of sp³-hybridized carbons (Fsp3) is 0.704. The number of carbonyl (C=O) groups is 2. The van der Waals surface area contributed by atoms with Crippen molar-refractivity contribution in [2.75, 3.05) is 0 Å². The van der Waals surface area contributed by atoms with Crippen molar-refractivity contribution >= 4 is 11.9 Å². The van der Waals surface area contributed by atoms with Gasteiger partial charge in [0.05, 0.1) is 23.4 Å². The lowest BCUT2D eigenvalue weighted by Crippen LogP contribution is -2.67. The number of benzene rings is 1. The topological polar surface area (TPSA) is 141 Å². The molecule has 37 heavy (non-hydrogen) atoms. The highest BCUT2D eigenvalue weighted by Gasteiger charge is 3.03. The van der Waals surface area contributed by atoms with E-state index in [1.165, 1.54) is 6.92 Å². The molecular formula is C27H32O10. The van der Waals surface area contributed by atoms with Gasteiger partial charge in [-0.2, -0.15) is 0 Å². The predicted octanol–water partition coefficient (Wildman–Crippen LogP) is 0.647. The molecule has 2 saturated carbocycles. The highest BCUT2D eigenvalue weighted by Crippen LogP contribution is 2.85. The third kappa shape index (κ3) is 2.21. The third-order valence-corrected chi connectivity index (χ3v) is 10.4. The van der Waals surface area contributed by atoms with E-state index in [2.05, 4.69) is 0 Å². The van der Waals surface area contributed by atoms with E-state index in [-0.39, 0.29) is 12.5 Å². The number of rotatable bonds is 3. The molecule has 4 heterocycles. The van der Waals surface area contributed by atoms with Gasteiger partial charge >= 0.3 is 11.9 Å². The second-order valence-corrected chi connectivity index (χ2v) is 12.6. The number of hydrogen-bond donors (Lipinski definition) is 3. The van der Waals surface area contributed by atoms with Crippen molar-refractivity contribution in [2.45, 2.75) is 88.9 Å². The highest BCUT2D eigenvalue weighted by molar-refractivity contribution is 5.92. The molecule has 6 fully saturated rings. The van der Waals surface area contributed by atoms with Gasteiger partial charge in [-0.15, -0.1) is 0 Å². The molecule has 1 aromatic rings. The number of aliphatic hydroxyl groups is 3. The van der Waals surface area contributed by atoms with Gasteiger partial charge in [-0.25, -0.2) is 4.79 Å². The zero-order valence-electron chi connectivity index (χ0n) is 21.1. The minimum atomic E-state index is -2.20. The first-order valence-electron chi connectivity index (χ1n) is 12.9. The minimum absolute atomic E-state index is 0.134. The van der Waals surface area contributed by atoms with Crippen LogP contribution in [0, 0.1) is 28.1 Å². The smallest absolute Gasteiger partial charge is 0.342 e. The Morgan fingerprint density at radius 2 is 1.81 bits per heavy atom. The molecule has 1 aromatic carbocycles. The van der Waals surface area contributed by atoms with E-state index in [9.17, 15) is 24.9 Å². The Labute approximate surface area is 213 Å². The molecule has 4 aliphatic heterocycles. The number of ether oxygens (including phenoxy) is 5. The number of carbonyl (C=O) groups excluding carboxylic acids is 2. The van der Waals surface area contributed by atoms with E-state index in [0.29, 0.717) is 6.42 Å². The summed E-state index contributed by atoms with van der Waals surface area (Å²) in [6, 6.07) is 9.43. The molecule has 7 unspecified atom stereocenters. The molecule has 2 aliphatic carbocycles. The Morgan fingerprint density at radius 1 is 1.11 bits per heavy atom. The highest BCUT2D eigenvalue weighted by atomic mass is 16.8. The summed E-state index contributed by atoms with van der Waals surface area (Å²) < 4.78 is 30.3. The third-order valence-electron chi connectivity index (χ3n) is 10.4. The summed E-state index contributed by atoms with van der Waals surface area (Å²) >= 11 is 0. The number of hydrogen-bond acceptors (Lipinski definition) is 10. The summed E-state index contributed by atoms with van der Waals surface area (Å²) in [5.41, 5.74) is -6.80. The zero-order valence-corrected chi connectivity index (χ0v) is 21.1. The van der Waals surface area contributed by atoms with Gasteiger partial charge in [0.15, 0.2) is 24.3 Å². The van der Waals surface area contributed by atoms with Gasteiger partial charge in [0.2, 0.25) is 5.60 Å². The van der Waals surface area contributed by atoms with Crippen LogP contribution in [-0.4, -0.2) is 75.5 Å². The van der Waals surface area contributed by atoms with Crippen molar-refractivity contribution in [1.82, 2.24) is 0 Å². The molecule has 0 bridgehead atoms. The summed E-state index contributed by atoms with van der Waals surface area (Å²) in [7, 11) is 0. The normalized spacial score (nSPS) is 53.1. The van der Waals surface area contributed by atoms with Crippen molar-refractivity contribution in [3.63, 3.8) is 0 Å². The van der Waals surface area contributed by atoms with E-state index in [1.807, 2.05) is 51.1 Å². The van der Waals surface area contributed by atoms with Gasteiger partial charge in [-0.05, 0) is 30.2 Å². The second-order valence-electron chi connectivity index (χ2n) is 12.6. The van der Waals surface area contributed by atoms with Gasteiger partial charge in [-0.3, -0.25) is 4.79 Å². The Hall–Kier alpha value is -2.08. The predicted molar refractivity (Wildman–Crippen MR) is 122 cm³/mol. The van der Waals surface area contributed by atoms with Crippen LogP contribution in [-0.2, 0) is 39.9 Å². The Kier molecular flexibility index (Phi) is 4.48. The lowest BCUT2D eigenvalue weighted by molar-refractivity contribution is -0.264. The summed E-state index contributed by atoms with van der Waals surface area (Å²) in [5, 5.41) is 35.5. The largest absolute Gasteiger partial charge is 0.459 e. The maximum Gasteiger partial charge on any atom is 0.342 e. The van der Waals surface area contributed by atoms with Crippen LogP contribution in [0.2, 0.25) is 0 Å². The summed E-state index contributed by atoms with van der Waals surface area (Å²) in [6.45, 7) is 7.68. The molecule has 3 N–H and O–H groups in total. The minimum Gasteiger partial charge on any atom is -0.459 e. The van der Waals surface area contributed by atoms with Crippen molar-refractivity contribution in [1.29, 1.82) is 0 Å². The molecule has 0 amide bonds. The van der Waals surface area contributed by atoms with Crippen LogP contribution in [0.15, 0.2) is 30.3 Å². The first kappa shape index (κ1) is 24.0. The maximum atomic E-state index is 13.8. The van der Waals surface area contributed by atoms with Crippen LogP contribution < -0.4 is 0 Å². The Morgan fingerprint density at radius 3 is 2.49 bits per heavy atom. The monoisotopic (exact) mass is 516 g/mol. The van der Waals surface area contributed by atoms with Gasteiger partial charge < -0.3 is 39.0 Å². The average Bonchev–Trinajstić information content (AvgIpc) is 3.55. The SMILES string of the molecule is C[C@@H]1C(=O)OC2[C@H](O)C34C5C[C@@H](C(C)(C)C)C36C(OC(O)[C@@H]6OCc3ccccc3)OC4(C(=O)O5)[C@]21O. The van der Waals surface area contributed by atoms with Crippen LogP contribution >= 0.6 is 0 Å². The Balaban J connectivity index is 1.47. The van der Waals surface area contributed by atoms with Crippen molar-refractivity contribution < 1.29 is 48.6 Å². The van der Waals surface area contributed by atoms with Crippen LogP contribution in [0.25, 0.3) is 0 Å². The Bertz CT molecular complexity index is 1180. The molecule has 12 atom stereocenters. The first-order valence-corrected chi connectivity index (χ1v) is 12.9. The van der Waals surface area contributed by atoms with Gasteiger partial charge in [-0.1, -0.05) is 51.1 Å². The van der Waals surface area contributed by atoms with E-state index < -0.39 is 82.3 Å². The molecule has 0 radical (unpaired) electrons. The van der Waals surface area contributed by atoms with Gasteiger partial charge in [0, 0.05) is 0 Å². The summed E-state index contributed by atoms with van der Waals surface area (Å²) in [6.07, 6.45) is -7.14. The van der Waals surface area contributed by atoms with E-state index in [1.54, 1.807) is 0 Å². The second kappa shape index (κ2) is 6.91. The van der Waals surface area contributed by atoms with Gasteiger partial charge in [0.25, 0.3) is 0 Å². The molecular weight excluding hydrogens is 484 g/mol. The fourth-order valence-corrected chi connectivity index (χ4v) is 9.21. The number of esters is 2. The maximum absolute atomic E-state index is 13.8. The van der Waals surface area contributed by atoms with Crippen molar-refractivity contribution in [3.05, 3.63) is 35.9 Å². The lowest BCUT2D eigenvalue weighted by Gasteiger charge is -2.50. The van der Waals surface area contributed by atoms with E-state index in [0.717, 1.165) is 5.56 Å². The van der Waals surface area contributed by atoms with Crippen molar-refractivity contribution in [3.8, 4) is 0 Å². The van der Waals surface area contributed by atoms with Crippen LogP contribution in [0.3, 0.4) is 0 Å². The quantitative estimate of drug-likeness (QED) is 0.490. The zero-order chi connectivity index (χ0) is 26.3. The molecule has 200 valence electrons. The van der Waals surface area contributed by atoms with Crippen LogP contribution in [0.5, 0.6) is 0 Å². The molecule has 7 rings (SSSR count). The average molecular weight is 517 g/mol.